The van der Waals surface area contributed by atoms with Gasteiger partial charge in [0.25, 0.3) is 0 Å². The molecule has 0 saturated heterocycles. The van der Waals surface area contributed by atoms with Gasteiger partial charge in [-0.3, -0.25) is 9.98 Å². The van der Waals surface area contributed by atoms with Gasteiger partial charge in [0.2, 0.25) is 0 Å². The summed E-state index contributed by atoms with van der Waals surface area (Å²) in [5.41, 5.74) is 2.29. The van der Waals surface area contributed by atoms with Crippen molar-refractivity contribution in [2.45, 2.75) is 19.8 Å². The van der Waals surface area contributed by atoms with Crippen LogP contribution in [-0.4, -0.2) is 37.2 Å². The van der Waals surface area contributed by atoms with E-state index in [9.17, 15) is 0 Å². The number of pyridine rings is 1. The molecule has 0 saturated carbocycles. The van der Waals surface area contributed by atoms with Crippen LogP contribution in [0.15, 0.2) is 53.7 Å². The number of hydrogen-bond acceptors (Lipinski definition) is 3. The highest BCUT2D eigenvalue weighted by Crippen LogP contribution is 2.12. The van der Waals surface area contributed by atoms with Gasteiger partial charge in [-0.2, -0.15) is 0 Å². The van der Waals surface area contributed by atoms with Crippen molar-refractivity contribution < 1.29 is 4.74 Å². The smallest absolute Gasteiger partial charge is 0.191 e. The Balaban J connectivity index is 1.76. The van der Waals surface area contributed by atoms with E-state index in [0.29, 0.717) is 13.2 Å². The lowest BCUT2D eigenvalue weighted by Crippen LogP contribution is -2.38. The summed E-state index contributed by atoms with van der Waals surface area (Å²) in [7, 11) is 0. The SMILES string of the molecule is C#CCOc1ccc(CCNC(=NCCc2ccccn2)NCC)cc1. The molecule has 0 radical (unpaired) electrons. The molecule has 1 heterocycles. The molecule has 0 aliphatic carbocycles. The highest BCUT2D eigenvalue weighted by molar-refractivity contribution is 5.79. The minimum atomic E-state index is 0.294. The van der Waals surface area contributed by atoms with Gasteiger partial charge in [-0.1, -0.05) is 24.1 Å². The quantitative estimate of drug-likeness (QED) is 0.414. The van der Waals surface area contributed by atoms with Crippen molar-refractivity contribution in [3.63, 3.8) is 0 Å². The van der Waals surface area contributed by atoms with Crippen molar-refractivity contribution in [2.75, 3.05) is 26.2 Å². The molecule has 0 atom stereocenters. The Bertz CT molecular complexity index is 705. The number of aromatic nitrogens is 1. The number of nitrogens with zero attached hydrogens (tertiary/aromatic N) is 2. The molecule has 0 aliphatic rings. The van der Waals surface area contributed by atoms with Gasteiger partial charge in [0.05, 0.1) is 0 Å². The molecular formula is C21H26N4O. The first-order valence-corrected chi connectivity index (χ1v) is 8.89. The monoisotopic (exact) mass is 350 g/mol. The first-order valence-electron chi connectivity index (χ1n) is 8.89. The standard InChI is InChI=1S/C21H26N4O/c1-3-17-26-20-10-8-18(9-11-20)12-15-24-21(22-4-2)25-16-13-19-7-5-6-14-23-19/h1,5-11,14H,4,12-13,15-17H2,2H3,(H2,22,24,25). The Labute approximate surface area is 155 Å². The second-order valence-electron chi connectivity index (χ2n) is 5.65. The summed E-state index contributed by atoms with van der Waals surface area (Å²) in [4.78, 5) is 8.92. The number of guanidine groups is 1. The van der Waals surface area contributed by atoms with E-state index in [2.05, 4.69) is 45.6 Å². The van der Waals surface area contributed by atoms with Crippen molar-refractivity contribution in [2.24, 2.45) is 4.99 Å². The second kappa shape index (κ2) is 11.5. The maximum atomic E-state index is 5.38. The number of hydrogen-bond donors (Lipinski definition) is 2. The third-order valence-electron chi connectivity index (χ3n) is 3.66. The molecule has 0 unspecified atom stereocenters. The van der Waals surface area contributed by atoms with Gasteiger partial charge in [-0.15, -0.1) is 6.42 Å². The average molecular weight is 350 g/mol. The number of benzene rings is 1. The minimum absolute atomic E-state index is 0.294. The largest absolute Gasteiger partial charge is 0.481 e. The van der Waals surface area contributed by atoms with Crippen molar-refractivity contribution in [3.8, 4) is 18.1 Å². The molecule has 1 aromatic heterocycles. The van der Waals surface area contributed by atoms with Gasteiger partial charge < -0.3 is 15.4 Å². The van der Waals surface area contributed by atoms with Gasteiger partial charge in [-0.05, 0) is 43.2 Å². The molecule has 2 N–H and O–H groups in total. The molecule has 0 spiro atoms. The Morgan fingerprint density at radius 1 is 1.15 bits per heavy atom. The number of ether oxygens (including phenoxy) is 1. The summed E-state index contributed by atoms with van der Waals surface area (Å²) in [6.45, 7) is 4.69. The minimum Gasteiger partial charge on any atom is -0.481 e. The fraction of sp³-hybridized carbons (Fsp3) is 0.333. The Hall–Kier alpha value is -3.00. The summed E-state index contributed by atoms with van der Waals surface area (Å²) >= 11 is 0. The van der Waals surface area contributed by atoms with E-state index in [1.54, 1.807) is 0 Å². The summed E-state index contributed by atoms with van der Waals surface area (Å²) in [6.07, 6.45) is 8.73. The Kier molecular flexibility index (Phi) is 8.58. The van der Waals surface area contributed by atoms with Crippen LogP contribution in [0.4, 0.5) is 0 Å². The van der Waals surface area contributed by atoms with E-state index in [1.807, 2.05) is 36.5 Å². The van der Waals surface area contributed by atoms with E-state index in [4.69, 9.17) is 11.2 Å². The van der Waals surface area contributed by atoms with Crippen molar-refractivity contribution in [1.29, 1.82) is 0 Å². The lowest BCUT2D eigenvalue weighted by Gasteiger charge is -2.11. The number of terminal acetylenes is 1. The molecule has 2 aromatic rings. The van der Waals surface area contributed by atoms with E-state index in [0.717, 1.165) is 43.3 Å². The van der Waals surface area contributed by atoms with Crippen LogP contribution in [0.2, 0.25) is 0 Å². The van der Waals surface area contributed by atoms with Crippen LogP contribution >= 0.6 is 0 Å². The normalized spacial score (nSPS) is 10.8. The summed E-state index contributed by atoms with van der Waals surface area (Å²) < 4.78 is 5.38. The fourth-order valence-electron chi connectivity index (χ4n) is 2.37. The van der Waals surface area contributed by atoms with Gasteiger partial charge in [0.15, 0.2) is 5.96 Å². The highest BCUT2D eigenvalue weighted by Gasteiger charge is 1.99. The molecule has 1 aromatic carbocycles. The highest BCUT2D eigenvalue weighted by atomic mass is 16.5. The lowest BCUT2D eigenvalue weighted by molar-refractivity contribution is 0.370. The molecule has 0 aliphatic heterocycles. The van der Waals surface area contributed by atoms with Crippen LogP contribution in [0.1, 0.15) is 18.2 Å². The number of rotatable bonds is 9. The number of nitrogens with one attached hydrogen (secondary N) is 2. The molecule has 5 nitrogen and oxygen atoms in total. The predicted octanol–water partition coefficient (Wildman–Crippen LogP) is 2.43. The molecule has 2 rings (SSSR count). The van der Waals surface area contributed by atoms with E-state index >= 15 is 0 Å². The average Bonchev–Trinajstić information content (AvgIpc) is 2.68. The Morgan fingerprint density at radius 3 is 2.69 bits per heavy atom. The molecule has 26 heavy (non-hydrogen) atoms. The maximum absolute atomic E-state index is 5.38. The topological polar surface area (TPSA) is 58.5 Å². The van der Waals surface area contributed by atoms with Crippen LogP contribution in [0, 0.1) is 12.3 Å². The molecule has 0 bridgehead atoms. The molecule has 5 heteroatoms. The van der Waals surface area contributed by atoms with Crippen LogP contribution < -0.4 is 15.4 Å². The fourth-order valence-corrected chi connectivity index (χ4v) is 2.37. The Morgan fingerprint density at radius 2 is 2.00 bits per heavy atom. The first-order chi connectivity index (χ1) is 12.8. The molecule has 0 amide bonds. The first kappa shape index (κ1) is 19.3. The van der Waals surface area contributed by atoms with Crippen LogP contribution in [0.5, 0.6) is 5.75 Å². The van der Waals surface area contributed by atoms with Gasteiger partial charge in [0.1, 0.15) is 12.4 Å². The zero-order valence-corrected chi connectivity index (χ0v) is 15.2. The van der Waals surface area contributed by atoms with Crippen LogP contribution in [0.3, 0.4) is 0 Å². The van der Waals surface area contributed by atoms with Crippen molar-refractivity contribution in [3.05, 3.63) is 59.9 Å². The van der Waals surface area contributed by atoms with Gasteiger partial charge in [0, 0.05) is 37.9 Å². The molecule has 136 valence electrons. The second-order valence-corrected chi connectivity index (χ2v) is 5.65. The van der Waals surface area contributed by atoms with E-state index in [-0.39, 0.29) is 0 Å². The van der Waals surface area contributed by atoms with E-state index < -0.39 is 0 Å². The van der Waals surface area contributed by atoms with Gasteiger partial charge >= 0.3 is 0 Å². The third kappa shape index (κ3) is 7.27. The third-order valence-corrected chi connectivity index (χ3v) is 3.66. The van der Waals surface area contributed by atoms with Gasteiger partial charge in [-0.25, -0.2) is 0 Å². The lowest BCUT2D eigenvalue weighted by atomic mass is 10.1. The van der Waals surface area contributed by atoms with Crippen molar-refractivity contribution >= 4 is 5.96 Å². The number of aliphatic imine (C=N–C) groups is 1. The summed E-state index contributed by atoms with van der Waals surface area (Å²) in [5, 5.41) is 6.63. The maximum Gasteiger partial charge on any atom is 0.191 e. The van der Waals surface area contributed by atoms with Crippen molar-refractivity contribution in [1.82, 2.24) is 15.6 Å². The zero-order valence-electron chi connectivity index (χ0n) is 15.2. The zero-order chi connectivity index (χ0) is 18.5. The summed E-state index contributed by atoms with van der Waals surface area (Å²) in [6, 6.07) is 13.9. The van der Waals surface area contributed by atoms with E-state index in [1.165, 1.54) is 5.56 Å². The molecular weight excluding hydrogens is 324 g/mol. The predicted molar refractivity (Wildman–Crippen MR) is 106 cm³/mol. The van der Waals surface area contributed by atoms with Crippen LogP contribution in [0.25, 0.3) is 0 Å². The van der Waals surface area contributed by atoms with Crippen LogP contribution in [-0.2, 0) is 12.8 Å². The molecule has 0 fully saturated rings. The summed E-state index contributed by atoms with van der Waals surface area (Å²) in [5.74, 6) is 4.09.